The molecule has 1 N–H and O–H groups in total. The summed E-state index contributed by atoms with van der Waals surface area (Å²) in [5, 5.41) is 2.88. The summed E-state index contributed by atoms with van der Waals surface area (Å²) in [5.41, 5.74) is 2.64. The number of carbonyl (C=O) groups is 1. The standard InChI is InChI=1S/C20H15F2NOS/c21-17-11-10-15(12-18(17)22)25-13-20(24)23-19-9-5-4-8-16(19)14-6-2-1-3-7-14/h1-12H,13H2,(H,23,24). The first kappa shape index (κ1) is 17.2. The van der Waals surface area contributed by atoms with Crippen LogP contribution in [0.1, 0.15) is 0 Å². The van der Waals surface area contributed by atoms with Gasteiger partial charge in [0.05, 0.1) is 5.75 Å². The number of thioether (sulfide) groups is 1. The van der Waals surface area contributed by atoms with Crippen LogP contribution in [0.5, 0.6) is 0 Å². The highest BCUT2D eigenvalue weighted by atomic mass is 32.2. The van der Waals surface area contributed by atoms with Gasteiger partial charge in [0.25, 0.3) is 0 Å². The summed E-state index contributed by atoms with van der Waals surface area (Å²) in [6, 6.07) is 20.9. The molecule has 0 aromatic heterocycles. The van der Waals surface area contributed by atoms with Gasteiger partial charge in [0.15, 0.2) is 11.6 Å². The SMILES string of the molecule is O=C(CSc1ccc(F)c(F)c1)Nc1ccccc1-c1ccccc1. The van der Waals surface area contributed by atoms with Crippen LogP contribution in [0, 0.1) is 11.6 Å². The molecule has 0 aliphatic carbocycles. The first-order valence-electron chi connectivity index (χ1n) is 7.65. The summed E-state index contributed by atoms with van der Waals surface area (Å²) in [6.07, 6.45) is 0. The minimum atomic E-state index is -0.917. The van der Waals surface area contributed by atoms with Crippen molar-refractivity contribution in [2.45, 2.75) is 4.90 Å². The fourth-order valence-electron chi connectivity index (χ4n) is 2.36. The molecule has 25 heavy (non-hydrogen) atoms. The summed E-state index contributed by atoms with van der Waals surface area (Å²) < 4.78 is 26.1. The molecule has 3 aromatic rings. The Morgan fingerprint density at radius 3 is 2.36 bits per heavy atom. The van der Waals surface area contributed by atoms with Gasteiger partial charge in [-0.1, -0.05) is 48.5 Å². The van der Waals surface area contributed by atoms with Crippen molar-refractivity contribution in [1.82, 2.24) is 0 Å². The van der Waals surface area contributed by atoms with E-state index in [1.165, 1.54) is 6.07 Å². The first-order valence-corrected chi connectivity index (χ1v) is 8.64. The Balaban J connectivity index is 1.68. The number of benzene rings is 3. The highest BCUT2D eigenvalue weighted by Crippen LogP contribution is 2.28. The van der Waals surface area contributed by atoms with Crippen LogP contribution in [0.2, 0.25) is 0 Å². The summed E-state index contributed by atoms with van der Waals surface area (Å²) in [7, 11) is 0. The van der Waals surface area contributed by atoms with Crippen LogP contribution in [-0.2, 0) is 4.79 Å². The average Bonchev–Trinajstić information content (AvgIpc) is 2.64. The molecule has 5 heteroatoms. The molecule has 0 bridgehead atoms. The van der Waals surface area contributed by atoms with E-state index in [0.29, 0.717) is 10.6 Å². The maximum Gasteiger partial charge on any atom is 0.234 e. The normalized spacial score (nSPS) is 10.5. The number of halogens is 2. The average molecular weight is 355 g/mol. The number of nitrogens with one attached hydrogen (secondary N) is 1. The number of carbonyl (C=O) groups excluding carboxylic acids is 1. The van der Waals surface area contributed by atoms with Gasteiger partial charge < -0.3 is 5.32 Å². The van der Waals surface area contributed by atoms with Crippen LogP contribution >= 0.6 is 11.8 Å². The van der Waals surface area contributed by atoms with E-state index in [-0.39, 0.29) is 11.7 Å². The minimum Gasteiger partial charge on any atom is -0.325 e. The third kappa shape index (κ3) is 4.45. The van der Waals surface area contributed by atoms with Gasteiger partial charge >= 0.3 is 0 Å². The van der Waals surface area contributed by atoms with Crippen molar-refractivity contribution in [1.29, 1.82) is 0 Å². The lowest BCUT2D eigenvalue weighted by atomic mass is 10.0. The molecule has 0 fully saturated rings. The smallest absolute Gasteiger partial charge is 0.234 e. The van der Waals surface area contributed by atoms with Gasteiger partial charge in [-0.25, -0.2) is 8.78 Å². The van der Waals surface area contributed by atoms with Crippen LogP contribution in [0.15, 0.2) is 77.7 Å². The quantitative estimate of drug-likeness (QED) is 0.624. The van der Waals surface area contributed by atoms with E-state index in [9.17, 15) is 13.6 Å². The third-order valence-corrected chi connectivity index (χ3v) is 4.54. The van der Waals surface area contributed by atoms with E-state index < -0.39 is 11.6 Å². The third-order valence-electron chi connectivity index (χ3n) is 3.55. The number of hydrogen-bond acceptors (Lipinski definition) is 2. The molecule has 0 saturated heterocycles. The molecule has 2 nitrogen and oxygen atoms in total. The monoisotopic (exact) mass is 355 g/mol. The number of rotatable bonds is 5. The van der Waals surface area contributed by atoms with Gasteiger partial charge in [-0.05, 0) is 29.8 Å². The summed E-state index contributed by atoms with van der Waals surface area (Å²) in [4.78, 5) is 12.7. The highest BCUT2D eigenvalue weighted by Gasteiger charge is 2.10. The minimum absolute atomic E-state index is 0.105. The lowest BCUT2D eigenvalue weighted by Crippen LogP contribution is -2.14. The Kier molecular flexibility index (Phi) is 5.46. The molecule has 126 valence electrons. The lowest BCUT2D eigenvalue weighted by molar-refractivity contribution is -0.113. The van der Waals surface area contributed by atoms with E-state index in [0.717, 1.165) is 35.0 Å². The van der Waals surface area contributed by atoms with Crippen LogP contribution < -0.4 is 5.32 Å². The number of hydrogen-bond donors (Lipinski definition) is 1. The van der Waals surface area contributed by atoms with E-state index in [1.807, 2.05) is 54.6 Å². The second-order valence-corrected chi connectivity index (χ2v) is 6.37. The topological polar surface area (TPSA) is 29.1 Å². The van der Waals surface area contributed by atoms with Crippen molar-refractivity contribution >= 4 is 23.4 Å². The van der Waals surface area contributed by atoms with Crippen molar-refractivity contribution in [2.24, 2.45) is 0 Å². The molecule has 0 radical (unpaired) electrons. The zero-order valence-corrected chi connectivity index (χ0v) is 14.0. The molecule has 0 heterocycles. The molecule has 0 atom stereocenters. The van der Waals surface area contributed by atoms with Gasteiger partial charge in [-0.15, -0.1) is 11.8 Å². The van der Waals surface area contributed by atoms with E-state index in [1.54, 1.807) is 0 Å². The van der Waals surface area contributed by atoms with Gasteiger partial charge in [-0.2, -0.15) is 0 Å². The Hall–Kier alpha value is -2.66. The van der Waals surface area contributed by atoms with Crippen molar-refractivity contribution < 1.29 is 13.6 Å². The van der Waals surface area contributed by atoms with Crippen molar-refractivity contribution in [3.05, 3.63) is 84.4 Å². The molecule has 0 aliphatic rings. The molecule has 0 unspecified atom stereocenters. The Morgan fingerprint density at radius 2 is 1.60 bits per heavy atom. The molecule has 0 aliphatic heterocycles. The molecular formula is C20H15F2NOS. The van der Waals surface area contributed by atoms with E-state index >= 15 is 0 Å². The fraction of sp³-hybridized carbons (Fsp3) is 0.0500. The van der Waals surface area contributed by atoms with Crippen molar-refractivity contribution in [3.8, 4) is 11.1 Å². The Morgan fingerprint density at radius 1 is 0.880 bits per heavy atom. The Labute approximate surface area is 148 Å². The van der Waals surface area contributed by atoms with Crippen LogP contribution in [0.3, 0.4) is 0 Å². The molecular weight excluding hydrogens is 340 g/mol. The molecule has 3 aromatic carbocycles. The predicted molar refractivity (Wildman–Crippen MR) is 97.6 cm³/mol. The second-order valence-electron chi connectivity index (χ2n) is 5.32. The molecule has 0 spiro atoms. The number of amides is 1. The van der Waals surface area contributed by atoms with Crippen LogP contribution in [0.4, 0.5) is 14.5 Å². The fourth-order valence-corrected chi connectivity index (χ4v) is 3.08. The maximum absolute atomic E-state index is 13.2. The summed E-state index contributed by atoms with van der Waals surface area (Å²) in [6.45, 7) is 0. The zero-order chi connectivity index (χ0) is 17.6. The lowest BCUT2D eigenvalue weighted by Gasteiger charge is -2.11. The summed E-state index contributed by atoms with van der Waals surface area (Å²) in [5.74, 6) is -1.92. The molecule has 0 saturated carbocycles. The number of anilines is 1. The largest absolute Gasteiger partial charge is 0.325 e. The van der Waals surface area contributed by atoms with Gasteiger partial charge in [0.2, 0.25) is 5.91 Å². The second kappa shape index (κ2) is 7.94. The molecule has 3 rings (SSSR count). The Bertz CT molecular complexity index is 884. The maximum atomic E-state index is 13.2. The number of para-hydroxylation sites is 1. The van der Waals surface area contributed by atoms with Crippen LogP contribution in [-0.4, -0.2) is 11.7 Å². The highest BCUT2D eigenvalue weighted by molar-refractivity contribution is 8.00. The van der Waals surface area contributed by atoms with Crippen LogP contribution in [0.25, 0.3) is 11.1 Å². The molecule has 1 amide bonds. The zero-order valence-electron chi connectivity index (χ0n) is 13.2. The van der Waals surface area contributed by atoms with Gasteiger partial charge in [-0.3, -0.25) is 4.79 Å². The van der Waals surface area contributed by atoms with Crippen molar-refractivity contribution in [2.75, 3.05) is 11.1 Å². The van der Waals surface area contributed by atoms with Gasteiger partial charge in [0.1, 0.15) is 0 Å². The first-order chi connectivity index (χ1) is 12.1. The predicted octanol–water partition coefficient (Wildman–Crippen LogP) is 5.36. The van der Waals surface area contributed by atoms with Crippen molar-refractivity contribution in [3.63, 3.8) is 0 Å². The van der Waals surface area contributed by atoms with Gasteiger partial charge in [0, 0.05) is 16.1 Å². The van der Waals surface area contributed by atoms with E-state index in [4.69, 9.17) is 0 Å². The van der Waals surface area contributed by atoms with E-state index in [2.05, 4.69) is 5.32 Å². The summed E-state index contributed by atoms with van der Waals surface area (Å²) >= 11 is 1.15.